The van der Waals surface area contributed by atoms with Gasteiger partial charge in [0, 0.05) is 6.20 Å². The van der Waals surface area contributed by atoms with Crippen LogP contribution >= 0.6 is 0 Å². The predicted octanol–water partition coefficient (Wildman–Crippen LogP) is 0.729. The first-order chi connectivity index (χ1) is 10.2. The summed E-state index contributed by atoms with van der Waals surface area (Å²) in [6, 6.07) is -0.190. The van der Waals surface area contributed by atoms with Crippen LogP contribution in [0.1, 0.15) is 32.6 Å². The second kappa shape index (κ2) is 7.78. The van der Waals surface area contributed by atoms with Gasteiger partial charge in [-0.3, -0.25) is 19.6 Å². The first-order valence-corrected chi connectivity index (χ1v) is 7.47. The number of hydrogen-bond donors (Lipinski definition) is 3. The first-order valence-electron chi connectivity index (χ1n) is 7.47. The SMILES string of the molecule is C[C@@H](C(=O)NCC(=O)Nc1cn[nH]c1)N1CCCCCC1. The van der Waals surface area contributed by atoms with Crippen molar-refractivity contribution in [2.75, 3.05) is 25.0 Å². The van der Waals surface area contributed by atoms with Crippen molar-refractivity contribution >= 4 is 17.5 Å². The molecule has 21 heavy (non-hydrogen) atoms. The minimum absolute atomic E-state index is 0.0256. The first kappa shape index (κ1) is 15.5. The molecule has 116 valence electrons. The Bertz CT molecular complexity index is 452. The van der Waals surface area contributed by atoms with Crippen LogP contribution in [0.25, 0.3) is 0 Å². The zero-order chi connectivity index (χ0) is 15.1. The highest BCUT2D eigenvalue weighted by molar-refractivity contribution is 5.94. The van der Waals surface area contributed by atoms with Gasteiger partial charge in [-0.2, -0.15) is 5.10 Å². The third-order valence-electron chi connectivity index (χ3n) is 3.77. The Hall–Kier alpha value is -1.89. The summed E-state index contributed by atoms with van der Waals surface area (Å²) in [7, 11) is 0. The van der Waals surface area contributed by atoms with Gasteiger partial charge in [0.05, 0.1) is 24.5 Å². The van der Waals surface area contributed by atoms with E-state index in [0.29, 0.717) is 5.69 Å². The van der Waals surface area contributed by atoms with Gasteiger partial charge in [0.2, 0.25) is 11.8 Å². The van der Waals surface area contributed by atoms with Crippen molar-refractivity contribution < 1.29 is 9.59 Å². The summed E-state index contributed by atoms with van der Waals surface area (Å²) in [6.07, 6.45) is 7.84. The summed E-state index contributed by atoms with van der Waals surface area (Å²) in [5.74, 6) is -0.355. The Labute approximate surface area is 124 Å². The van der Waals surface area contributed by atoms with Crippen molar-refractivity contribution in [1.29, 1.82) is 0 Å². The predicted molar refractivity (Wildman–Crippen MR) is 79.7 cm³/mol. The van der Waals surface area contributed by atoms with Crippen molar-refractivity contribution in [3.8, 4) is 0 Å². The molecule has 0 bridgehead atoms. The van der Waals surface area contributed by atoms with Crippen LogP contribution in [0, 0.1) is 0 Å². The molecule has 0 saturated carbocycles. The average molecular weight is 293 g/mol. The van der Waals surface area contributed by atoms with Crippen molar-refractivity contribution in [1.82, 2.24) is 20.4 Å². The number of aromatic nitrogens is 2. The molecule has 0 unspecified atom stereocenters. The largest absolute Gasteiger partial charge is 0.346 e. The number of amides is 2. The van der Waals surface area contributed by atoms with E-state index in [1.54, 1.807) is 6.20 Å². The number of nitrogens with zero attached hydrogens (tertiary/aromatic N) is 2. The fourth-order valence-corrected chi connectivity index (χ4v) is 2.49. The number of nitrogens with one attached hydrogen (secondary N) is 3. The monoisotopic (exact) mass is 293 g/mol. The summed E-state index contributed by atoms with van der Waals surface area (Å²) >= 11 is 0. The summed E-state index contributed by atoms with van der Waals surface area (Å²) in [5, 5.41) is 11.7. The number of H-pyrrole nitrogens is 1. The van der Waals surface area contributed by atoms with Gasteiger partial charge < -0.3 is 10.6 Å². The minimum Gasteiger partial charge on any atom is -0.346 e. The van der Waals surface area contributed by atoms with Gasteiger partial charge in [-0.1, -0.05) is 12.8 Å². The highest BCUT2D eigenvalue weighted by Crippen LogP contribution is 2.12. The fourth-order valence-electron chi connectivity index (χ4n) is 2.49. The maximum atomic E-state index is 12.1. The van der Waals surface area contributed by atoms with Gasteiger partial charge in [-0.05, 0) is 32.9 Å². The van der Waals surface area contributed by atoms with Crippen LogP contribution in [0.2, 0.25) is 0 Å². The van der Waals surface area contributed by atoms with E-state index in [4.69, 9.17) is 0 Å². The Morgan fingerprint density at radius 3 is 2.67 bits per heavy atom. The summed E-state index contributed by atoms with van der Waals surface area (Å²) in [5.41, 5.74) is 0.592. The van der Waals surface area contributed by atoms with Crippen LogP contribution in [0.15, 0.2) is 12.4 Å². The normalized spacial score (nSPS) is 17.8. The van der Waals surface area contributed by atoms with Crippen LogP contribution in [-0.2, 0) is 9.59 Å². The number of anilines is 1. The van der Waals surface area contributed by atoms with E-state index in [2.05, 4.69) is 25.7 Å². The molecule has 7 nitrogen and oxygen atoms in total. The van der Waals surface area contributed by atoms with Crippen LogP contribution < -0.4 is 10.6 Å². The van der Waals surface area contributed by atoms with Crippen molar-refractivity contribution in [3.05, 3.63) is 12.4 Å². The van der Waals surface area contributed by atoms with E-state index in [0.717, 1.165) is 25.9 Å². The second-order valence-corrected chi connectivity index (χ2v) is 5.38. The number of hydrogen-bond acceptors (Lipinski definition) is 4. The summed E-state index contributed by atoms with van der Waals surface area (Å²) in [4.78, 5) is 26.0. The third-order valence-corrected chi connectivity index (χ3v) is 3.77. The molecule has 0 radical (unpaired) electrons. The van der Waals surface area contributed by atoms with E-state index < -0.39 is 0 Å². The summed E-state index contributed by atoms with van der Waals surface area (Å²) < 4.78 is 0. The molecule has 7 heteroatoms. The molecule has 2 rings (SSSR count). The lowest BCUT2D eigenvalue weighted by atomic mass is 10.2. The molecule has 1 aromatic rings. The van der Waals surface area contributed by atoms with Gasteiger partial charge in [-0.25, -0.2) is 0 Å². The van der Waals surface area contributed by atoms with E-state index in [1.165, 1.54) is 19.0 Å². The molecular weight excluding hydrogens is 270 g/mol. The zero-order valence-electron chi connectivity index (χ0n) is 12.4. The number of carbonyl (C=O) groups is 2. The lowest BCUT2D eigenvalue weighted by Gasteiger charge is -2.26. The van der Waals surface area contributed by atoms with Gasteiger partial charge >= 0.3 is 0 Å². The molecule has 2 amide bonds. The van der Waals surface area contributed by atoms with Crippen LogP contribution in [0.5, 0.6) is 0 Å². The lowest BCUT2D eigenvalue weighted by Crippen LogP contribution is -2.47. The molecule has 1 atom stereocenters. The molecule has 1 aliphatic rings. The Kier molecular flexibility index (Phi) is 5.74. The molecule has 3 N–H and O–H groups in total. The highest BCUT2D eigenvalue weighted by atomic mass is 16.2. The molecule has 1 aliphatic heterocycles. The molecule has 0 aliphatic carbocycles. The maximum Gasteiger partial charge on any atom is 0.243 e. The van der Waals surface area contributed by atoms with Crippen LogP contribution in [0.3, 0.4) is 0 Å². The van der Waals surface area contributed by atoms with Gasteiger partial charge in [0.15, 0.2) is 0 Å². The topological polar surface area (TPSA) is 90.1 Å². The van der Waals surface area contributed by atoms with E-state index in [-0.39, 0.29) is 24.4 Å². The Morgan fingerprint density at radius 1 is 1.33 bits per heavy atom. The molecule has 0 spiro atoms. The highest BCUT2D eigenvalue weighted by Gasteiger charge is 2.22. The summed E-state index contributed by atoms with van der Waals surface area (Å²) in [6.45, 7) is 3.78. The second-order valence-electron chi connectivity index (χ2n) is 5.38. The Balaban J connectivity index is 1.73. The van der Waals surface area contributed by atoms with Gasteiger partial charge in [-0.15, -0.1) is 0 Å². The quantitative estimate of drug-likeness (QED) is 0.746. The zero-order valence-corrected chi connectivity index (χ0v) is 12.4. The molecule has 1 aromatic heterocycles. The molecular formula is C14H23N5O2. The van der Waals surface area contributed by atoms with Crippen molar-refractivity contribution in [3.63, 3.8) is 0 Å². The molecule has 0 aromatic carbocycles. The van der Waals surface area contributed by atoms with Crippen molar-refractivity contribution in [2.24, 2.45) is 0 Å². The standard InChI is InChI=1S/C14H23N5O2/c1-11(19-6-4-2-3-5-7-19)14(21)15-10-13(20)18-12-8-16-17-9-12/h8-9,11H,2-7,10H2,1H3,(H,15,21)(H,16,17)(H,18,20)/t11-/m0/s1. The molecule has 1 saturated heterocycles. The van der Waals surface area contributed by atoms with E-state index >= 15 is 0 Å². The minimum atomic E-state index is -0.257. The number of rotatable bonds is 5. The van der Waals surface area contributed by atoms with Crippen molar-refractivity contribution in [2.45, 2.75) is 38.6 Å². The van der Waals surface area contributed by atoms with Crippen LogP contribution in [0.4, 0.5) is 5.69 Å². The van der Waals surface area contributed by atoms with Gasteiger partial charge in [0.1, 0.15) is 0 Å². The third kappa shape index (κ3) is 4.86. The van der Waals surface area contributed by atoms with Crippen LogP contribution in [-0.4, -0.2) is 52.6 Å². The number of carbonyl (C=O) groups excluding carboxylic acids is 2. The smallest absolute Gasteiger partial charge is 0.243 e. The van der Waals surface area contributed by atoms with Gasteiger partial charge in [0.25, 0.3) is 0 Å². The molecule has 2 heterocycles. The number of aromatic amines is 1. The molecule has 1 fully saturated rings. The Morgan fingerprint density at radius 2 is 2.05 bits per heavy atom. The fraction of sp³-hybridized carbons (Fsp3) is 0.643. The van der Waals surface area contributed by atoms with E-state index in [9.17, 15) is 9.59 Å². The number of likely N-dealkylation sites (tertiary alicyclic amines) is 1. The van der Waals surface area contributed by atoms with E-state index in [1.807, 2.05) is 6.92 Å². The lowest BCUT2D eigenvalue weighted by molar-refractivity contribution is -0.128. The maximum absolute atomic E-state index is 12.1. The average Bonchev–Trinajstić information content (AvgIpc) is 2.83.